The van der Waals surface area contributed by atoms with E-state index in [0.29, 0.717) is 26.2 Å². The van der Waals surface area contributed by atoms with Crippen molar-refractivity contribution in [3.05, 3.63) is 47.8 Å². The van der Waals surface area contributed by atoms with Gasteiger partial charge in [-0.25, -0.2) is 4.79 Å². The van der Waals surface area contributed by atoms with Crippen LogP contribution < -0.4 is 10.2 Å². The molecule has 3 aliphatic heterocycles. The van der Waals surface area contributed by atoms with E-state index in [-0.39, 0.29) is 36.0 Å². The van der Waals surface area contributed by atoms with Crippen LogP contribution >= 0.6 is 0 Å². The number of hydrogen-bond acceptors (Lipinski definition) is 6. The molecule has 4 heterocycles. The molecule has 2 unspecified atom stereocenters. The molecule has 1 saturated carbocycles. The Morgan fingerprint density at radius 2 is 2.06 bits per heavy atom. The first-order valence-corrected chi connectivity index (χ1v) is 10.9. The fourth-order valence-corrected chi connectivity index (χ4v) is 5.65. The number of carbonyl (C=O) groups excluding carboxylic acids is 2. The lowest BCUT2D eigenvalue weighted by Gasteiger charge is -2.16. The topological polar surface area (TPSA) is 105 Å². The lowest BCUT2D eigenvalue weighted by molar-refractivity contribution is -0.119. The van der Waals surface area contributed by atoms with E-state index in [9.17, 15) is 14.9 Å². The number of hydrogen-bond donors (Lipinski definition) is 1. The maximum Gasteiger partial charge on any atom is 0.415 e. The van der Waals surface area contributed by atoms with Gasteiger partial charge in [-0.15, -0.1) is 0 Å². The van der Waals surface area contributed by atoms with Crippen LogP contribution in [0.15, 0.2) is 36.5 Å². The Morgan fingerprint density at radius 3 is 2.75 bits per heavy atom. The van der Waals surface area contributed by atoms with Crippen LogP contribution in [0.3, 0.4) is 0 Å². The van der Waals surface area contributed by atoms with Crippen molar-refractivity contribution < 1.29 is 19.1 Å². The Hall–Kier alpha value is -3.44. The normalized spacial score (nSPS) is 31.4. The SMILES string of the molecule is CC(=O)NC[C@@H]1OC(=O)N2c3ccc(-c4ccc(C5(C#N)C6COC[C@H]65)nc4)cc3C[C@@H]12. The Bertz CT molecular complexity index is 1160. The highest BCUT2D eigenvalue weighted by molar-refractivity contribution is 5.94. The van der Waals surface area contributed by atoms with Gasteiger partial charge < -0.3 is 14.8 Å². The van der Waals surface area contributed by atoms with Crippen molar-refractivity contribution in [2.75, 3.05) is 24.7 Å². The molecule has 1 aromatic carbocycles. The number of aromatic nitrogens is 1. The molecule has 2 aromatic rings. The van der Waals surface area contributed by atoms with E-state index in [4.69, 9.17) is 9.47 Å². The van der Waals surface area contributed by atoms with Gasteiger partial charge in [0.15, 0.2) is 0 Å². The zero-order valence-electron chi connectivity index (χ0n) is 17.6. The maximum atomic E-state index is 12.4. The summed E-state index contributed by atoms with van der Waals surface area (Å²) in [6.45, 7) is 3.03. The molecule has 4 aliphatic rings. The monoisotopic (exact) mass is 430 g/mol. The van der Waals surface area contributed by atoms with Crippen molar-refractivity contribution in [2.45, 2.75) is 30.9 Å². The summed E-state index contributed by atoms with van der Waals surface area (Å²) in [6, 6.07) is 12.4. The average Bonchev–Trinajstić information content (AvgIpc) is 3.20. The van der Waals surface area contributed by atoms with Crippen LogP contribution in [0.4, 0.5) is 10.5 Å². The summed E-state index contributed by atoms with van der Waals surface area (Å²) in [5.41, 5.74) is 4.24. The molecule has 0 bridgehead atoms. The average molecular weight is 430 g/mol. The van der Waals surface area contributed by atoms with Gasteiger partial charge in [0.25, 0.3) is 0 Å². The highest BCUT2D eigenvalue weighted by Crippen LogP contribution is 2.62. The Labute approximate surface area is 185 Å². The largest absolute Gasteiger partial charge is 0.442 e. The quantitative estimate of drug-likeness (QED) is 0.797. The van der Waals surface area contributed by atoms with Gasteiger partial charge in [-0.1, -0.05) is 12.1 Å². The van der Waals surface area contributed by atoms with Crippen LogP contribution in [0.2, 0.25) is 0 Å². The van der Waals surface area contributed by atoms with Crippen molar-refractivity contribution in [3.63, 3.8) is 0 Å². The molecule has 8 heteroatoms. The second-order valence-corrected chi connectivity index (χ2v) is 9.01. The zero-order chi connectivity index (χ0) is 22.0. The van der Waals surface area contributed by atoms with E-state index in [0.717, 1.165) is 28.1 Å². The number of rotatable bonds is 4. The highest BCUT2D eigenvalue weighted by Gasteiger charge is 2.70. The van der Waals surface area contributed by atoms with Gasteiger partial charge >= 0.3 is 6.09 Å². The third kappa shape index (κ3) is 2.61. The van der Waals surface area contributed by atoms with Gasteiger partial charge in [-0.2, -0.15) is 5.26 Å². The van der Waals surface area contributed by atoms with E-state index in [1.165, 1.54) is 6.92 Å². The highest BCUT2D eigenvalue weighted by atomic mass is 16.6. The minimum absolute atomic E-state index is 0.118. The first-order valence-electron chi connectivity index (χ1n) is 10.9. The first-order chi connectivity index (χ1) is 15.5. The summed E-state index contributed by atoms with van der Waals surface area (Å²) < 4.78 is 10.9. The smallest absolute Gasteiger partial charge is 0.415 e. The van der Waals surface area contributed by atoms with Gasteiger partial charge in [0, 0.05) is 30.5 Å². The number of amides is 2. The predicted octanol–water partition coefficient (Wildman–Crippen LogP) is 2.17. The van der Waals surface area contributed by atoms with Crippen molar-refractivity contribution >= 4 is 17.7 Å². The van der Waals surface area contributed by atoms with Crippen LogP contribution in [-0.4, -0.2) is 48.9 Å². The van der Waals surface area contributed by atoms with E-state index in [2.05, 4.69) is 22.4 Å². The molecule has 1 aromatic heterocycles. The molecule has 0 radical (unpaired) electrons. The third-order valence-corrected chi connectivity index (χ3v) is 7.38. The van der Waals surface area contributed by atoms with Gasteiger partial charge in [0.05, 0.1) is 43.3 Å². The van der Waals surface area contributed by atoms with Crippen molar-refractivity contribution in [1.82, 2.24) is 10.3 Å². The Kier molecular flexibility index (Phi) is 4.08. The number of benzene rings is 1. The molecule has 1 N–H and O–H groups in total. The maximum absolute atomic E-state index is 12.4. The number of ether oxygens (including phenoxy) is 2. The number of carbonyl (C=O) groups is 2. The summed E-state index contributed by atoms with van der Waals surface area (Å²) in [5, 5.41) is 12.5. The molecule has 32 heavy (non-hydrogen) atoms. The molecular weight excluding hydrogens is 408 g/mol. The van der Waals surface area contributed by atoms with Crippen molar-refractivity contribution in [2.24, 2.45) is 11.8 Å². The molecule has 1 aliphatic carbocycles. The Morgan fingerprint density at radius 1 is 1.28 bits per heavy atom. The first kappa shape index (κ1) is 19.3. The fourth-order valence-electron chi connectivity index (χ4n) is 5.65. The van der Waals surface area contributed by atoms with Crippen molar-refractivity contribution in [3.8, 4) is 17.2 Å². The molecule has 162 valence electrons. The molecule has 5 atom stereocenters. The summed E-state index contributed by atoms with van der Waals surface area (Å²) in [4.78, 5) is 30.0. The standard InChI is InChI=1S/C24H22N4O4/c1-13(29)26-9-21-20-7-16-6-14(2-4-19(16)28(20)23(30)32-21)15-3-5-22(27-8-15)24(12-25)17-10-31-11-18(17)24/h2-6,8,17-18,20-21H,7,9-11H2,1H3,(H,26,29)/t17-,18?,20+,21+,24?/m1/s1. The molecule has 2 amide bonds. The lowest BCUT2D eigenvalue weighted by atomic mass is 9.96. The number of pyridine rings is 1. The minimum Gasteiger partial charge on any atom is -0.442 e. The summed E-state index contributed by atoms with van der Waals surface area (Å²) in [6.07, 6.45) is 1.76. The van der Waals surface area contributed by atoms with Gasteiger partial charge in [-0.05, 0) is 35.7 Å². The van der Waals surface area contributed by atoms with Gasteiger partial charge in [0.2, 0.25) is 5.91 Å². The van der Waals surface area contributed by atoms with Crippen LogP contribution in [0, 0.1) is 23.2 Å². The molecular formula is C24H22N4O4. The predicted molar refractivity (Wildman–Crippen MR) is 114 cm³/mol. The fraction of sp³-hybridized carbons (Fsp3) is 0.417. The summed E-state index contributed by atoms with van der Waals surface area (Å²) in [5.74, 6) is 0.364. The van der Waals surface area contributed by atoms with E-state index >= 15 is 0 Å². The van der Waals surface area contributed by atoms with Gasteiger partial charge in [0.1, 0.15) is 11.5 Å². The molecule has 8 nitrogen and oxygen atoms in total. The van der Waals surface area contributed by atoms with E-state index in [1.807, 2.05) is 30.5 Å². The molecule has 0 spiro atoms. The Balaban J connectivity index is 1.24. The van der Waals surface area contributed by atoms with Crippen LogP contribution in [0.5, 0.6) is 0 Å². The molecule has 2 saturated heterocycles. The van der Waals surface area contributed by atoms with Gasteiger partial charge in [-0.3, -0.25) is 14.7 Å². The number of fused-ring (bicyclic) bond motifs is 4. The number of nitriles is 1. The van der Waals surface area contributed by atoms with E-state index < -0.39 is 5.41 Å². The molecule has 6 rings (SSSR count). The van der Waals surface area contributed by atoms with Crippen LogP contribution in [0.1, 0.15) is 18.2 Å². The third-order valence-electron chi connectivity index (χ3n) is 7.38. The zero-order valence-corrected chi connectivity index (χ0v) is 17.6. The minimum atomic E-state index is -0.497. The lowest BCUT2D eigenvalue weighted by Crippen LogP contribution is -2.40. The second-order valence-electron chi connectivity index (χ2n) is 9.01. The van der Waals surface area contributed by atoms with Crippen molar-refractivity contribution in [1.29, 1.82) is 5.26 Å². The number of cyclic esters (lactones) is 1. The number of anilines is 1. The second kappa shape index (κ2) is 6.78. The number of nitrogens with zero attached hydrogens (tertiary/aromatic N) is 3. The summed E-state index contributed by atoms with van der Waals surface area (Å²) in [7, 11) is 0. The summed E-state index contributed by atoms with van der Waals surface area (Å²) >= 11 is 0. The van der Waals surface area contributed by atoms with Crippen LogP contribution in [-0.2, 0) is 26.1 Å². The number of nitrogens with one attached hydrogen (secondary N) is 1. The molecule has 3 fully saturated rings. The van der Waals surface area contributed by atoms with Crippen LogP contribution in [0.25, 0.3) is 11.1 Å². The van der Waals surface area contributed by atoms with E-state index in [1.54, 1.807) is 4.90 Å².